The van der Waals surface area contributed by atoms with Crippen LogP contribution >= 0.6 is 0 Å². The molecule has 1 atom stereocenters. The van der Waals surface area contributed by atoms with Crippen LogP contribution in [0.1, 0.15) is 29.8 Å². The van der Waals surface area contributed by atoms with Crippen molar-refractivity contribution in [1.29, 1.82) is 0 Å². The molecule has 0 amide bonds. The Bertz CT molecular complexity index is 394. The minimum absolute atomic E-state index is 0.344. The SMILES string of the molecule is CCOC(=O)c1ccc(CC(C)C(=O)O)cc1. The maximum atomic E-state index is 11.4. The first-order valence-electron chi connectivity index (χ1n) is 5.53. The second-order valence-electron chi connectivity index (χ2n) is 3.86. The summed E-state index contributed by atoms with van der Waals surface area (Å²) in [5.74, 6) is -1.60. The van der Waals surface area contributed by atoms with Crippen molar-refractivity contribution >= 4 is 11.9 Å². The Labute approximate surface area is 100 Å². The van der Waals surface area contributed by atoms with Crippen LogP contribution in [0, 0.1) is 5.92 Å². The Morgan fingerprint density at radius 3 is 2.35 bits per heavy atom. The van der Waals surface area contributed by atoms with Crippen molar-refractivity contribution in [3.63, 3.8) is 0 Å². The highest BCUT2D eigenvalue weighted by atomic mass is 16.5. The predicted molar refractivity (Wildman–Crippen MR) is 62.9 cm³/mol. The van der Waals surface area contributed by atoms with Gasteiger partial charge in [0, 0.05) is 0 Å². The highest BCUT2D eigenvalue weighted by Crippen LogP contribution is 2.11. The van der Waals surface area contributed by atoms with E-state index in [-0.39, 0.29) is 5.97 Å². The number of carbonyl (C=O) groups excluding carboxylic acids is 1. The van der Waals surface area contributed by atoms with Crippen LogP contribution in [0.3, 0.4) is 0 Å². The second-order valence-corrected chi connectivity index (χ2v) is 3.86. The molecule has 0 aliphatic heterocycles. The Hall–Kier alpha value is -1.84. The number of carbonyl (C=O) groups is 2. The van der Waals surface area contributed by atoms with Crippen molar-refractivity contribution in [2.45, 2.75) is 20.3 Å². The fourth-order valence-corrected chi connectivity index (χ4v) is 1.43. The molecule has 4 nitrogen and oxygen atoms in total. The Morgan fingerprint density at radius 1 is 1.29 bits per heavy atom. The lowest BCUT2D eigenvalue weighted by molar-refractivity contribution is -0.141. The summed E-state index contributed by atoms with van der Waals surface area (Å²) in [5, 5.41) is 8.78. The third-order valence-electron chi connectivity index (χ3n) is 2.43. The lowest BCUT2D eigenvalue weighted by Crippen LogP contribution is -2.12. The smallest absolute Gasteiger partial charge is 0.338 e. The van der Waals surface area contributed by atoms with Gasteiger partial charge in [-0.05, 0) is 31.0 Å². The van der Waals surface area contributed by atoms with E-state index >= 15 is 0 Å². The molecule has 0 bridgehead atoms. The van der Waals surface area contributed by atoms with Gasteiger partial charge in [-0.25, -0.2) is 4.79 Å². The Balaban J connectivity index is 2.68. The molecule has 1 rings (SSSR count). The summed E-state index contributed by atoms with van der Waals surface area (Å²) in [6.45, 7) is 3.75. The zero-order chi connectivity index (χ0) is 12.8. The Kier molecular flexibility index (Phi) is 4.69. The van der Waals surface area contributed by atoms with Crippen LogP contribution in [0.5, 0.6) is 0 Å². The normalized spacial score (nSPS) is 11.9. The lowest BCUT2D eigenvalue weighted by atomic mass is 10.0. The fourth-order valence-electron chi connectivity index (χ4n) is 1.43. The molecule has 0 fully saturated rings. The van der Waals surface area contributed by atoms with Gasteiger partial charge in [-0.1, -0.05) is 19.1 Å². The number of ether oxygens (including phenoxy) is 1. The van der Waals surface area contributed by atoms with Gasteiger partial charge in [0.05, 0.1) is 18.1 Å². The zero-order valence-electron chi connectivity index (χ0n) is 9.97. The molecule has 1 aromatic rings. The zero-order valence-corrected chi connectivity index (χ0v) is 9.97. The summed E-state index contributed by atoms with van der Waals surface area (Å²) in [7, 11) is 0. The van der Waals surface area contributed by atoms with Gasteiger partial charge in [0.2, 0.25) is 0 Å². The van der Waals surface area contributed by atoms with Gasteiger partial charge >= 0.3 is 11.9 Å². The number of carboxylic acid groups (broad SMARTS) is 1. The molecule has 0 aromatic heterocycles. The average molecular weight is 236 g/mol. The van der Waals surface area contributed by atoms with Crippen LogP contribution in [0.4, 0.5) is 0 Å². The maximum absolute atomic E-state index is 11.4. The average Bonchev–Trinajstić information content (AvgIpc) is 2.30. The van der Waals surface area contributed by atoms with E-state index in [2.05, 4.69) is 0 Å². The maximum Gasteiger partial charge on any atom is 0.338 e. The van der Waals surface area contributed by atoms with Gasteiger partial charge in [0.25, 0.3) is 0 Å². The van der Waals surface area contributed by atoms with Crippen molar-refractivity contribution < 1.29 is 19.4 Å². The molecule has 4 heteroatoms. The molecule has 0 aliphatic carbocycles. The van der Waals surface area contributed by atoms with Gasteiger partial charge in [0.1, 0.15) is 0 Å². The molecule has 0 saturated carbocycles. The van der Waals surface area contributed by atoms with Crippen molar-refractivity contribution in [3.05, 3.63) is 35.4 Å². The van der Waals surface area contributed by atoms with Crippen LogP contribution in [-0.2, 0) is 16.0 Å². The van der Waals surface area contributed by atoms with Crippen LogP contribution in [-0.4, -0.2) is 23.7 Å². The Morgan fingerprint density at radius 2 is 1.88 bits per heavy atom. The van der Waals surface area contributed by atoms with Crippen LogP contribution < -0.4 is 0 Å². The third kappa shape index (κ3) is 3.90. The highest BCUT2D eigenvalue weighted by Gasteiger charge is 2.12. The summed E-state index contributed by atoms with van der Waals surface area (Å²) in [5.41, 5.74) is 1.38. The van der Waals surface area contributed by atoms with E-state index in [1.54, 1.807) is 38.1 Å². The predicted octanol–water partition coefficient (Wildman–Crippen LogP) is 2.13. The number of hydrogen-bond acceptors (Lipinski definition) is 3. The molecule has 0 spiro atoms. The van der Waals surface area contributed by atoms with Gasteiger partial charge in [-0.3, -0.25) is 4.79 Å². The molecule has 1 aromatic carbocycles. The van der Waals surface area contributed by atoms with Crippen LogP contribution in [0.15, 0.2) is 24.3 Å². The largest absolute Gasteiger partial charge is 0.481 e. The van der Waals surface area contributed by atoms with Crippen molar-refractivity contribution in [3.8, 4) is 0 Å². The first-order valence-corrected chi connectivity index (χ1v) is 5.53. The molecule has 1 N–H and O–H groups in total. The number of benzene rings is 1. The monoisotopic (exact) mass is 236 g/mol. The highest BCUT2D eigenvalue weighted by molar-refractivity contribution is 5.89. The first-order chi connectivity index (χ1) is 8.04. The van der Waals surface area contributed by atoms with Gasteiger partial charge in [0.15, 0.2) is 0 Å². The van der Waals surface area contributed by atoms with Crippen molar-refractivity contribution in [2.24, 2.45) is 5.92 Å². The number of hydrogen-bond donors (Lipinski definition) is 1. The molecule has 0 radical (unpaired) electrons. The minimum atomic E-state index is -0.820. The topological polar surface area (TPSA) is 63.6 Å². The molecule has 17 heavy (non-hydrogen) atoms. The molecular formula is C13H16O4. The van der Waals surface area contributed by atoms with E-state index in [4.69, 9.17) is 9.84 Å². The van der Waals surface area contributed by atoms with Gasteiger partial charge in [-0.2, -0.15) is 0 Å². The van der Waals surface area contributed by atoms with Crippen molar-refractivity contribution in [2.75, 3.05) is 6.61 Å². The molecular weight excluding hydrogens is 220 g/mol. The molecule has 0 saturated heterocycles. The lowest BCUT2D eigenvalue weighted by Gasteiger charge is -2.07. The van der Waals surface area contributed by atoms with Crippen molar-refractivity contribution in [1.82, 2.24) is 0 Å². The summed E-state index contributed by atoms with van der Waals surface area (Å²) in [6, 6.07) is 6.82. The molecule has 0 heterocycles. The summed E-state index contributed by atoms with van der Waals surface area (Å²) in [4.78, 5) is 22.1. The van der Waals surface area contributed by atoms with Gasteiger partial charge in [-0.15, -0.1) is 0 Å². The quantitative estimate of drug-likeness (QED) is 0.795. The molecule has 0 aliphatic rings. The fraction of sp³-hybridized carbons (Fsp3) is 0.385. The van der Waals surface area contributed by atoms with E-state index in [1.807, 2.05) is 0 Å². The van der Waals surface area contributed by atoms with Crippen LogP contribution in [0.25, 0.3) is 0 Å². The number of aliphatic carboxylic acids is 1. The minimum Gasteiger partial charge on any atom is -0.481 e. The standard InChI is InChI=1S/C13H16O4/c1-3-17-13(16)11-6-4-10(5-7-11)8-9(2)12(14)15/h4-7,9H,3,8H2,1-2H3,(H,14,15). The summed E-state index contributed by atoms with van der Waals surface area (Å²) in [6.07, 6.45) is 0.457. The van der Waals surface area contributed by atoms with E-state index in [0.717, 1.165) is 5.56 Å². The summed E-state index contributed by atoms with van der Waals surface area (Å²) < 4.78 is 4.85. The number of esters is 1. The van der Waals surface area contributed by atoms with Crippen LogP contribution in [0.2, 0.25) is 0 Å². The van der Waals surface area contributed by atoms with E-state index < -0.39 is 11.9 Å². The first kappa shape index (κ1) is 13.2. The van der Waals surface area contributed by atoms with E-state index in [1.165, 1.54) is 0 Å². The summed E-state index contributed by atoms with van der Waals surface area (Å²) >= 11 is 0. The van der Waals surface area contributed by atoms with E-state index in [9.17, 15) is 9.59 Å². The van der Waals surface area contributed by atoms with Gasteiger partial charge < -0.3 is 9.84 Å². The molecule has 92 valence electrons. The molecule has 1 unspecified atom stereocenters. The number of carboxylic acids is 1. The third-order valence-corrected chi connectivity index (χ3v) is 2.43. The number of rotatable bonds is 5. The second kappa shape index (κ2) is 6.03. The van der Waals surface area contributed by atoms with E-state index in [0.29, 0.717) is 18.6 Å².